The predicted molar refractivity (Wildman–Crippen MR) is 81.5 cm³/mol. The summed E-state index contributed by atoms with van der Waals surface area (Å²) >= 11 is 0. The molecule has 2 fully saturated rings. The van der Waals surface area contributed by atoms with Crippen molar-refractivity contribution in [2.75, 3.05) is 18.5 Å². The van der Waals surface area contributed by atoms with Crippen molar-refractivity contribution < 1.29 is 4.39 Å². The minimum absolute atomic E-state index is 0.129. The normalized spacial score (nSPS) is 23.7. The Balaban J connectivity index is 1.86. The molecule has 0 aromatic heterocycles. The fourth-order valence-corrected chi connectivity index (χ4v) is 4.09. The molecule has 0 spiro atoms. The van der Waals surface area contributed by atoms with E-state index in [1.807, 2.05) is 13.1 Å². The van der Waals surface area contributed by atoms with Gasteiger partial charge in [0.15, 0.2) is 0 Å². The smallest absolute Gasteiger partial charge is 0.123 e. The molecule has 110 valence electrons. The number of nitrogens with zero attached hydrogens (tertiary/aromatic N) is 1. The summed E-state index contributed by atoms with van der Waals surface area (Å²) in [7, 11) is 1.92. The predicted octanol–water partition coefficient (Wildman–Crippen LogP) is 3.70. The Morgan fingerprint density at radius 2 is 2.00 bits per heavy atom. The number of hydrogen-bond acceptors (Lipinski definition) is 2. The Labute approximate surface area is 121 Å². The molecule has 1 N–H and O–H groups in total. The Bertz CT molecular complexity index is 454. The van der Waals surface area contributed by atoms with Crippen molar-refractivity contribution in [1.29, 1.82) is 0 Å². The Kier molecular flexibility index (Phi) is 4.25. The molecule has 0 radical (unpaired) electrons. The van der Waals surface area contributed by atoms with E-state index in [9.17, 15) is 4.39 Å². The van der Waals surface area contributed by atoms with E-state index in [2.05, 4.69) is 10.2 Å². The lowest BCUT2D eigenvalue weighted by Gasteiger charge is -2.33. The van der Waals surface area contributed by atoms with Gasteiger partial charge >= 0.3 is 0 Å². The number of anilines is 1. The van der Waals surface area contributed by atoms with Gasteiger partial charge in [-0.05, 0) is 62.4 Å². The van der Waals surface area contributed by atoms with Crippen LogP contribution < -0.4 is 10.2 Å². The Morgan fingerprint density at radius 1 is 1.20 bits per heavy atom. The lowest BCUT2D eigenvalue weighted by atomic mass is 9.95. The molecule has 1 aromatic carbocycles. The van der Waals surface area contributed by atoms with E-state index in [0.717, 1.165) is 24.6 Å². The van der Waals surface area contributed by atoms with Crippen LogP contribution in [0.3, 0.4) is 0 Å². The van der Waals surface area contributed by atoms with Crippen LogP contribution in [0.4, 0.5) is 10.1 Å². The molecule has 20 heavy (non-hydrogen) atoms. The van der Waals surface area contributed by atoms with Gasteiger partial charge in [0.05, 0.1) is 0 Å². The highest BCUT2D eigenvalue weighted by Crippen LogP contribution is 2.38. The van der Waals surface area contributed by atoms with Gasteiger partial charge in [0, 0.05) is 24.8 Å². The molecule has 0 bridgehead atoms. The quantitative estimate of drug-likeness (QED) is 0.902. The molecular formula is C17H25FN2. The van der Waals surface area contributed by atoms with Crippen molar-refractivity contribution in [3.63, 3.8) is 0 Å². The fourth-order valence-electron chi connectivity index (χ4n) is 4.09. The molecule has 1 unspecified atom stereocenters. The maximum atomic E-state index is 13.5. The highest BCUT2D eigenvalue weighted by Gasteiger charge is 2.34. The second-order valence-corrected chi connectivity index (χ2v) is 6.25. The van der Waals surface area contributed by atoms with Crippen molar-refractivity contribution in [1.82, 2.24) is 5.32 Å². The number of halogens is 1. The molecule has 1 atom stereocenters. The second-order valence-electron chi connectivity index (χ2n) is 6.25. The standard InChI is InChI=1S/C17H25FN2/c1-19-12-14-11-15(18)8-9-17(14)20-10-4-7-16(20)13-5-2-3-6-13/h8-9,11,13,16,19H,2-7,10,12H2,1H3. The third-order valence-corrected chi connectivity index (χ3v) is 4.96. The molecule has 0 amide bonds. The first kappa shape index (κ1) is 13.9. The summed E-state index contributed by atoms with van der Waals surface area (Å²) in [6, 6.07) is 5.96. The van der Waals surface area contributed by atoms with Crippen LogP contribution in [0.5, 0.6) is 0 Å². The van der Waals surface area contributed by atoms with Crippen LogP contribution in [0, 0.1) is 11.7 Å². The van der Waals surface area contributed by atoms with Gasteiger partial charge < -0.3 is 10.2 Å². The van der Waals surface area contributed by atoms with Crippen LogP contribution in [0.15, 0.2) is 18.2 Å². The zero-order valence-corrected chi connectivity index (χ0v) is 12.4. The summed E-state index contributed by atoms with van der Waals surface area (Å²) < 4.78 is 13.5. The zero-order valence-electron chi connectivity index (χ0n) is 12.4. The average Bonchev–Trinajstić information content (AvgIpc) is 3.10. The summed E-state index contributed by atoms with van der Waals surface area (Å²) in [6.45, 7) is 1.87. The fraction of sp³-hybridized carbons (Fsp3) is 0.647. The number of benzene rings is 1. The van der Waals surface area contributed by atoms with Crippen molar-refractivity contribution in [2.24, 2.45) is 5.92 Å². The summed E-state index contributed by atoms with van der Waals surface area (Å²) in [6.07, 6.45) is 8.12. The maximum absolute atomic E-state index is 13.5. The van der Waals surface area contributed by atoms with Crippen LogP contribution in [0.25, 0.3) is 0 Å². The van der Waals surface area contributed by atoms with Gasteiger partial charge in [0.2, 0.25) is 0 Å². The highest BCUT2D eigenvalue weighted by atomic mass is 19.1. The van der Waals surface area contributed by atoms with E-state index in [1.165, 1.54) is 44.2 Å². The minimum atomic E-state index is -0.129. The number of rotatable bonds is 4. The van der Waals surface area contributed by atoms with E-state index in [0.29, 0.717) is 6.04 Å². The molecule has 2 nitrogen and oxygen atoms in total. The van der Waals surface area contributed by atoms with Crippen molar-refractivity contribution >= 4 is 5.69 Å². The summed E-state index contributed by atoms with van der Waals surface area (Å²) in [5.74, 6) is 0.723. The van der Waals surface area contributed by atoms with Crippen LogP contribution >= 0.6 is 0 Å². The highest BCUT2D eigenvalue weighted by molar-refractivity contribution is 5.55. The van der Waals surface area contributed by atoms with Gasteiger partial charge in [-0.2, -0.15) is 0 Å². The van der Waals surface area contributed by atoms with E-state index >= 15 is 0 Å². The van der Waals surface area contributed by atoms with Crippen LogP contribution in [-0.4, -0.2) is 19.6 Å². The zero-order chi connectivity index (χ0) is 13.9. The van der Waals surface area contributed by atoms with E-state index in [1.54, 1.807) is 12.1 Å². The lowest BCUT2D eigenvalue weighted by Crippen LogP contribution is -2.35. The first-order chi connectivity index (χ1) is 9.79. The monoisotopic (exact) mass is 276 g/mol. The van der Waals surface area contributed by atoms with E-state index < -0.39 is 0 Å². The average molecular weight is 276 g/mol. The minimum Gasteiger partial charge on any atom is -0.368 e. The summed E-state index contributed by atoms with van der Waals surface area (Å²) in [4.78, 5) is 2.56. The first-order valence-corrected chi connectivity index (χ1v) is 7.99. The molecule has 1 aliphatic heterocycles. The topological polar surface area (TPSA) is 15.3 Å². The molecule has 3 heteroatoms. The number of nitrogens with one attached hydrogen (secondary N) is 1. The van der Waals surface area contributed by atoms with Gasteiger partial charge in [0.25, 0.3) is 0 Å². The Hall–Kier alpha value is -1.09. The van der Waals surface area contributed by atoms with Gasteiger partial charge in [0.1, 0.15) is 5.82 Å². The molecule has 1 saturated heterocycles. The third-order valence-electron chi connectivity index (χ3n) is 4.96. The molecule has 1 heterocycles. The van der Waals surface area contributed by atoms with Gasteiger partial charge in [-0.3, -0.25) is 0 Å². The molecule has 2 aliphatic rings. The van der Waals surface area contributed by atoms with Crippen LogP contribution in [0.2, 0.25) is 0 Å². The lowest BCUT2D eigenvalue weighted by molar-refractivity contribution is 0.430. The third kappa shape index (κ3) is 2.69. The SMILES string of the molecule is CNCc1cc(F)ccc1N1CCCC1C1CCCC1. The summed E-state index contributed by atoms with van der Waals surface area (Å²) in [5, 5.41) is 3.17. The van der Waals surface area contributed by atoms with Crippen LogP contribution in [-0.2, 0) is 6.54 Å². The van der Waals surface area contributed by atoms with E-state index in [4.69, 9.17) is 0 Å². The van der Waals surface area contributed by atoms with Crippen molar-refractivity contribution in [2.45, 2.75) is 51.1 Å². The second kappa shape index (κ2) is 6.13. The summed E-state index contributed by atoms with van der Waals surface area (Å²) in [5.41, 5.74) is 2.34. The van der Waals surface area contributed by atoms with E-state index in [-0.39, 0.29) is 5.82 Å². The van der Waals surface area contributed by atoms with Gasteiger partial charge in [-0.1, -0.05) is 12.8 Å². The van der Waals surface area contributed by atoms with Gasteiger partial charge in [-0.25, -0.2) is 4.39 Å². The molecular weight excluding hydrogens is 251 g/mol. The molecule has 3 rings (SSSR count). The first-order valence-electron chi connectivity index (χ1n) is 7.99. The maximum Gasteiger partial charge on any atom is 0.123 e. The molecule has 1 aromatic rings. The Morgan fingerprint density at radius 3 is 2.75 bits per heavy atom. The van der Waals surface area contributed by atoms with Crippen LogP contribution in [0.1, 0.15) is 44.1 Å². The largest absolute Gasteiger partial charge is 0.368 e. The van der Waals surface area contributed by atoms with Gasteiger partial charge in [-0.15, -0.1) is 0 Å². The van der Waals surface area contributed by atoms with Crippen molar-refractivity contribution in [3.8, 4) is 0 Å². The number of hydrogen-bond donors (Lipinski definition) is 1. The van der Waals surface area contributed by atoms with Crippen molar-refractivity contribution in [3.05, 3.63) is 29.6 Å². The molecule has 1 aliphatic carbocycles. The molecule has 1 saturated carbocycles.